The van der Waals surface area contributed by atoms with E-state index in [1.165, 1.54) is 11.3 Å². The molecule has 0 N–H and O–H groups in total. The summed E-state index contributed by atoms with van der Waals surface area (Å²) in [4.78, 5) is 17.0. The summed E-state index contributed by atoms with van der Waals surface area (Å²) in [6.45, 7) is 6.76. The van der Waals surface area contributed by atoms with Crippen molar-refractivity contribution in [3.8, 4) is 0 Å². The van der Waals surface area contributed by atoms with Crippen LogP contribution in [-0.2, 0) is 20.8 Å². The smallest absolute Gasteiger partial charge is 0.228 e. The molecule has 0 unspecified atom stereocenters. The Morgan fingerprint density at radius 3 is 2.75 bits per heavy atom. The third kappa shape index (κ3) is 3.90. The molecule has 0 aliphatic carbocycles. The van der Waals surface area contributed by atoms with E-state index in [9.17, 15) is 4.79 Å². The van der Waals surface area contributed by atoms with Gasteiger partial charge in [-0.2, -0.15) is 0 Å². The molecule has 2 aliphatic rings. The maximum Gasteiger partial charge on any atom is 0.228 e. The second-order valence-electron chi connectivity index (χ2n) is 6.75. The van der Waals surface area contributed by atoms with Crippen LogP contribution in [0.2, 0.25) is 0 Å². The summed E-state index contributed by atoms with van der Waals surface area (Å²) in [5.74, 6) is 0.179. The van der Waals surface area contributed by atoms with Crippen molar-refractivity contribution in [3.05, 3.63) is 29.8 Å². The van der Waals surface area contributed by atoms with Crippen molar-refractivity contribution in [1.82, 2.24) is 4.90 Å². The summed E-state index contributed by atoms with van der Waals surface area (Å²) < 4.78 is 11.1. The summed E-state index contributed by atoms with van der Waals surface area (Å²) >= 11 is 0. The first-order valence-electron chi connectivity index (χ1n) is 8.94. The highest BCUT2D eigenvalue weighted by Gasteiger charge is 2.31. The summed E-state index contributed by atoms with van der Waals surface area (Å²) in [7, 11) is 1.90. The third-order valence-electron chi connectivity index (χ3n) is 5.05. The van der Waals surface area contributed by atoms with Crippen LogP contribution in [0.1, 0.15) is 25.3 Å². The minimum absolute atomic E-state index is 0.0145. The number of hydrogen-bond donors (Lipinski definition) is 0. The Bertz CT molecular complexity index is 557. The molecule has 24 heavy (non-hydrogen) atoms. The number of nitrogens with zero attached hydrogens (tertiary/aromatic N) is 2. The molecule has 2 fully saturated rings. The monoisotopic (exact) mass is 332 g/mol. The number of morpholine rings is 1. The number of carbonyl (C=O) groups is 1. The van der Waals surface area contributed by atoms with E-state index in [4.69, 9.17) is 9.47 Å². The molecule has 5 heteroatoms. The first-order chi connectivity index (χ1) is 11.7. The van der Waals surface area contributed by atoms with Gasteiger partial charge in [-0.15, -0.1) is 0 Å². The molecule has 2 atom stereocenters. The molecule has 3 rings (SSSR count). The van der Waals surface area contributed by atoms with Gasteiger partial charge in [0.25, 0.3) is 0 Å². The molecular formula is C19H28N2O3. The second-order valence-corrected chi connectivity index (χ2v) is 6.75. The zero-order chi connectivity index (χ0) is 16.9. The first kappa shape index (κ1) is 17.2. The highest BCUT2D eigenvalue weighted by molar-refractivity contribution is 5.79. The highest BCUT2D eigenvalue weighted by Crippen LogP contribution is 2.26. The van der Waals surface area contributed by atoms with Gasteiger partial charge in [0, 0.05) is 39.0 Å². The number of amides is 1. The normalized spacial score (nSPS) is 24.7. The molecule has 1 amide bonds. The van der Waals surface area contributed by atoms with Crippen molar-refractivity contribution in [1.29, 1.82) is 0 Å². The topological polar surface area (TPSA) is 42.0 Å². The molecule has 5 nitrogen and oxygen atoms in total. The summed E-state index contributed by atoms with van der Waals surface area (Å²) in [6, 6.07) is 8.37. The Morgan fingerprint density at radius 2 is 2.00 bits per heavy atom. The molecule has 2 aliphatic heterocycles. The quantitative estimate of drug-likeness (QED) is 0.848. The Morgan fingerprint density at radius 1 is 1.25 bits per heavy atom. The van der Waals surface area contributed by atoms with Crippen molar-refractivity contribution in [3.63, 3.8) is 0 Å². The van der Waals surface area contributed by atoms with Gasteiger partial charge in [0.2, 0.25) is 5.91 Å². The lowest BCUT2D eigenvalue weighted by Gasteiger charge is -2.33. The number of hydrogen-bond acceptors (Lipinski definition) is 4. The van der Waals surface area contributed by atoms with Crippen LogP contribution < -0.4 is 4.90 Å². The SMILES string of the molecule is C[C@H]1OCCC[C@H]1C(=O)N(C)Cc1ccccc1N1CCOCC1. The van der Waals surface area contributed by atoms with Crippen LogP contribution >= 0.6 is 0 Å². The number of rotatable bonds is 4. The van der Waals surface area contributed by atoms with Crippen LogP contribution in [0.25, 0.3) is 0 Å². The first-order valence-corrected chi connectivity index (χ1v) is 8.94. The Hall–Kier alpha value is -1.59. The van der Waals surface area contributed by atoms with Crippen LogP contribution in [0.15, 0.2) is 24.3 Å². The van der Waals surface area contributed by atoms with Gasteiger partial charge >= 0.3 is 0 Å². The van der Waals surface area contributed by atoms with Crippen molar-refractivity contribution in [2.24, 2.45) is 5.92 Å². The molecule has 2 saturated heterocycles. The van der Waals surface area contributed by atoms with E-state index >= 15 is 0 Å². The molecule has 2 heterocycles. The van der Waals surface area contributed by atoms with Gasteiger partial charge < -0.3 is 19.3 Å². The number of para-hydroxylation sites is 1. The molecule has 1 aromatic carbocycles. The second kappa shape index (κ2) is 7.99. The molecule has 0 bridgehead atoms. The van der Waals surface area contributed by atoms with Crippen LogP contribution in [0.3, 0.4) is 0 Å². The predicted octanol–water partition coefficient (Wildman–Crippen LogP) is 2.30. The largest absolute Gasteiger partial charge is 0.378 e. The number of anilines is 1. The zero-order valence-electron chi connectivity index (χ0n) is 14.7. The van der Waals surface area contributed by atoms with Crippen molar-refractivity contribution in [2.45, 2.75) is 32.4 Å². The maximum absolute atomic E-state index is 12.8. The minimum Gasteiger partial charge on any atom is -0.378 e. The van der Waals surface area contributed by atoms with Crippen LogP contribution in [-0.4, -0.2) is 56.9 Å². The van der Waals surface area contributed by atoms with Crippen LogP contribution in [0, 0.1) is 5.92 Å². The van der Waals surface area contributed by atoms with Gasteiger partial charge in [0.05, 0.1) is 25.2 Å². The fourth-order valence-corrected chi connectivity index (χ4v) is 3.62. The van der Waals surface area contributed by atoms with Gasteiger partial charge in [0.15, 0.2) is 0 Å². The van der Waals surface area contributed by atoms with E-state index in [2.05, 4.69) is 23.1 Å². The third-order valence-corrected chi connectivity index (χ3v) is 5.05. The molecule has 0 saturated carbocycles. The average Bonchev–Trinajstić information content (AvgIpc) is 2.63. The van der Waals surface area contributed by atoms with E-state index in [1.54, 1.807) is 0 Å². The number of ether oxygens (including phenoxy) is 2. The zero-order valence-corrected chi connectivity index (χ0v) is 14.7. The minimum atomic E-state index is -0.0145. The Balaban J connectivity index is 1.69. The molecule has 132 valence electrons. The molecule has 0 aromatic heterocycles. The van der Waals surface area contributed by atoms with Gasteiger partial charge in [0.1, 0.15) is 0 Å². The lowest BCUT2D eigenvalue weighted by molar-refractivity contribution is -0.143. The van der Waals surface area contributed by atoms with E-state index in [0.717, 1.165) is 45.8 Å². The number of benzene rings is 1. The fraction of sp³-hybridized carbons (Fsp3) is 0.632. The Labute approximate surface area is 144 Å². The van der Waals surface area contributed by atoms with E-state index in [1.807, 2.05) is 24.9 Å². The summed E-state index contributed by atoms with van der Waals surface area (Å²) in [6.07, 6.45) is 1.91. The Kier molecular flexibility index (Phi) is 5.74. The van der Waals surface area contributed by atoms with Gasteiger partial charge in [-0.25, -0.2) is 0 Å². The molecule has 0 spiro atoms. The van der Waals surface area contributed by atoms with Crippen molar-refractivity contribution >= 4 is 11.6 Å². The predicted molar refractivity (Wildman–Crippen MR) is 94.1 cm³/mol. The molecule has 1 aromatic rings. The summed E-state index contributed by atoms with van der Waals surface area (Å²) in [5, 5.41) is 0. The lowest BCUT2D eigenvalue weighted by Crippen LogP contribution is -2.41. The van der Waals surface area contributed by atoms with Crippen LogP contribution in [0.4, 0.5) is 5.69 Å². The highest BCUT2D eigenvalue weighted by atomic mass is 16.5. The van der Waals surface area contributed by atoms with E-state index in [-0.39, 0.29) is 17.9 Å². The number of carbonyl (C=O) groups excluding carboxylic acids is 1. The van der Waals surface area contributed by atoms with Crippen LogP contribution in [0.5, 0.6) is 0 Å². The fourth-order valence-electron chi connectivity index (χ4n) is 3.62. The maximum atomic E-state index is 12.8. The lowest BCUT2D eigenvalue weighted by atomic mass is 9.94. The van der Waals surface area contributed by atoms with Crippen molar-refractivity contribution < 1.29 is 14.3 Å². The van der Waals surface area contributed by atoms with E-state index < -0.39 is 0 Å². The van der Waals surface area contributed by atoms with Gasteiger partial charge in [-0.3, -0.25) is 4.79 Å². The molecule has 0 radical (unpaired) electrons. The summed E-state index contributed by atoms with van der Waals surface area (Å²) in [5.41, 5.74) is 2.41. The standard InChI is InChI=1S/C19H28N2O3/c1-15-17(7-5-11-24-15)19(22)20(2)14-16-6-3-4-8-18(16)21-9-12-23-13-10-21/h3-4,6,8,15,17H,5,7,9-14H2,1-2H3/t15-,17-/m1/s1. The van der Waals surface area contributed by atoms with Gasteiger partial charge in [-0.05, 0) is 31.4 Å². The van der Waals surface area contributed by atoms with Crippen molar-refractivity contribution in [2.75, 3.05) is 44.9 Å². The molecular weight excluding hydrogens is 304 g/mol. The average molecular weight is 332 g/mol. The van der Waals surface area contributed by atoms with Gasteiger partial charge in [-0.1, -0.05) is 18.2 Å². The van der Waals surface area contributed by atoms with E-state index in [0.29, 0.717) is 6.54 Å².